The molecule has 0 aromatic carbocycles. The Morgan fingerprint density at radius 1 is 1.21 bits per heavy atom. The molecule has 0 N–H and O–H groups in total. The van der Waals surface area contributed by atoms with E-state index in [1.807, 2.05) is 13.8 Å². The van der Waals surface area contributed by atoms with Crippen molar-refractivity contribution in [1.29, 1.82) is 0 Å². The van der Waals surface area contributed by atoms with Crippen LogP contribution in [0.1, 0.15) is 60.8 Å². The lowest BCUT2D eigenvalue weighted by Gasteiger charge is -2.54. The third-order valence-electron chi connectivity index (χ3n) is 6.81. The van der Waals surface area contributed by atoms with E-state index in [1.165, 1.54) is 20.3 Å². The molecule has 0 aliphatic carbocycles. The van der Waals surface area contributed by atoms with Crippen molar-refractivity contribution in [3.8, 4) is 0 Å². The SMILES string of the molecule is C=CC[C@@H]1C/C(=C\C(=O)OC)[C@H](OC(=O)CC)[C@](OC)(C(C)(C)CO[Si](C)(C)C(C)(C)C)O1. The summed E-state index contributed by atoms with van der Waals surface area (Å²) in [5.41, 5.74) is -0.158. The van der Waals surface area contributed by atoms with Gasteiger partial charge in [0.05, 0.1) is 13.2 Å². The first-order valence-corrected chi connectivity index (χ1v) is 14.5. The van der Waals surface area contributed by atoms with Crippen LogP contribution in [0.2, 0.25) is 18.1 Å². The van der Waals surface area contributed by atoms with Crippen molar-refractivity contribution in [3.05, 3.63) is 24.3 Å². The predicted octanol–water partition coefficient (Wildman–Crippen LogP) is 5.16. The van der Waals surface area contributed by atoms with Gasteiger partial charge in [0.2, 0.25) is 5.79 Å². The van der Waals surface area contributed by atoms with Gasteiger partial charge in [-0.15, -0.1) is 6.58 Å². The highest BCUT2D eigenvalue weighted by Crippen LogP contribution is 2.49. The molecule has 0 unspecified atom stereocenters. The van der Waals surface area contributed by atoms with Crippen molar-refractivity contribution in [2.75, 3.05) is 20.8 Å². The zero-order valence-electron chi connectivity index (χ0n) is 22.2. The molecule has 1 aliphatic heterocycles. The Balaban J connectivity index is 3.59. The molecular weight excluding hydrogens is 440 g/mol. The molecule has 0 bridgehead atoms. The summed E-state index contributed by atoms with van der Waals surface area (Å²) in [7, 11) is 0.758. The number of carbonyl (C=O) groups excluding carboxylic acids is 2. The predicted molar refractivity (Wildman–Crippen MR) is 131 cm³/mol. The molecule has 8 heteroatoms. The molecule has 0 saturated carbocycles. The average Bonchev–Trinajstić information content (AvgIpc) is 2.72. The Morgan fingerprint density at radius 3 is 2.27 bits per heavy atom. The lowest BCUT2D eigenvalue weighted by molar-refractivity contribution is -0.348. The van der Waals surface area contributed by atoms with E-state index in [1.54, 1.807) is 13.0 Å². The normalized spacial score (nSPS) is 25.6. The highest BCUT2D eigenvalue weighted by atomic mass is 28.4. The monoisotopic (exact) mass is 484 g/mol. The van der Waals surface area contributed by atoms with Crippen LogP contribution >= 0.6 is 0 Å². The maximum atomic E-state index is 12.5. The first kappa shape index (κ1) is 29.5. The van der Waals surface area contributed by atoms with Crippen molar-refractivity contribution in [2.45, 2.75) is 96.9 Å². The number of hydrogen-bond donors (Lipinski definition) is 0. The van der Waals surface area contributed by atoms with E-state index in [9.17, 15) is 9.59 Å². The average molecular weight is 485 g/mol. The van der Waals surface area contributed by atoms with E-state index >= 15 is 0 Å². The molecule has 1 saturated heterocycles. The minimum absolute atomic E-state index is 0.0200. The van der Waals surface area contributed by atoms with Crippen LogP contribution in [0.4, 0.5) is 0 Å². The Kier molecular flexibility index (Phi) is 10.1. The van der Waals surface area contributed by atoms with Gasteiger partial charge < -0.3 is 23.4 Å². The molecule has 1 rings (SSSR count). The molecule has 1 heterocycles. The van der Waals surface area contributed by atoms with Crippen molar-refractivity contribution in [3.63, 3.8) is 0 Å². The minimum atomic E-state index is -2.09. The summed E-state index contributed by atoms with van der Waals surface area (Å²) >= 11 is 0. The fourth-order valence-corrected chi connectivity index (χ4v) is 4.77. The molecule has 0 spiro atoms. The second kappa shape index (κ2) is 11.3. The van der Waals surface area contributed by atoms with Gasteiger partial charge in [0.15, 0.2) is 14.4 Å². The number of rotatable bonds is 10. The maximum Gasteiger partial charge on any atom is 0.330 e. The van der Waals surface area contributed by atoms with Crippen molar-refractivity contribution in [1.82, 2.24) is 0 Å². The topological polar surface area (TPSA) is 80.3 Å². The molecule has 0 radical (unpaired) electrons. The van der Waals surface area contributed by atoms with Crippen LogP contribution in [0.25, 0.3) is 0 Å². The van der Waals surface area contributed by atoms with Crippen molar-refractivity contribution >= 4 is 20.3 Å². The van der Waals surface area contributed by atoms with E-state index in [0.29, 0.717) is 25.0 Å². The molecule has 0 amide bonds. The van der Waals surface area contributed by atoms with Crippen LogP contribution in [0.15, 0.2) is 24.3 Å². The van der Waals surface area contributed by atoms with Crippen LogP contribution in [0.5, 0.6) is 0 Å². The summed E-state index contributed by atoms with van der Waals surface area (Å²) in [6.07, 6.45) is 2.99. The van der Waals surface area contributed by atoms with Crippen LogP contribution < -0.4 is 0 Å². The van der Waals surface area contributed by atoms with E-state index in [2.05, 4.69) is 40.4 Å². The first-order chi connectivity index (χ1) is 15.1. The number of ether oxygens (including phenoxy) is 4. The van der Waals surface area contributed by atoms with Gasteiger partial charge in [-0.2, -0.15) is 0 Å². The Bertz CT molecular complexity index is 736. The Hall–Kier alpha value is -1.48. The third-order valence-corrected chi connectivity index (χ3v) is 11.3. The number of methoxy groups -OCH3 is 2. The molecule has 1 fully saturated rings. The summed E-state index contributed by atoms with van der Waals surface area (Å²) in [5, 5.41) is 0.0200. The van der Waals surface area contributed by atoms with Gasteiger partial charge in [-0.05, 0) is 36.5 Å². The molecule has 3 atom stereocenters. The van der Waals surface area contributed by atoms with Gasteiger partial charge in [-0.25, -0.2) is 4.79 Å². The zero-order chi connectivity index (χ0) is 25.7. The Labute approximate surface area is 201 Å². The highest BCUT2D eigenvalue weighted by Gasteiger charge is 2.60. The van der Waals surface area contributed by atoms with E-state index in [0.717, 1.165) is 0 Å². The quantitative estimate of drug-likeness (QED) is 0.183. The van der Waals surface area contributed by atoms with Gasteiger partial charge in [-0.1, -0.05) is 47.6 Å². The van der Waals surface area contributed by atoms with Gasteiger partial charge in [0.1, 0.15) is 0 Å². The number of carbonyl (C=O) groups is 2. The standard InChI is InChI=1S/C25H44O7Si/c1-12-14-19-15-18(16-21(27)28-8)22(31-20(26)13-2)25(29-9,32-19)24(6,7)17-30-33(10,11)23(3,4)5/h12,16,19,22H,1,13-15,17H2,2-11H3/b18-16+/t19-,22+,25-/m1/s1. The first-order valence-electron chi connectivity index (χ1n) is 11.6. The molecule has 7 nitrogen and oxygen atoms in total. The Morgan fingerprint density at radius 2 is 1.82 bits per heavy atom. The zero-order valence-corrected chi connectivity index (χ0v) is 23.2. The summed E-state index contributed by atoms with van der Waals surface area (Å²) in [5.74, 6) is -2.32. The van der Waals surface area contributed by atoms with Gasteiger partial charge in [0.25, 0.3) is 0 Å². The fraction of sp³-hybridized carbons (Fsp3) is 0.760. The highest BCUT2D eigenvalue weighted by molar-refractivity contribution is 6.74. The second-order valence-corrected chi connectivity index (χ2v) is 15.5. The summed E-state index contributed by atoms with van der Waals surface area (Å²) < 4.78 is 29.9. The third kappa shape index (κ3) is 6.78. The van der Waals surface area contributed by atoms with Crippen LogP contribution in [-0.4, -0.2) is 59.1 Å². The van der Waals surface area contributed by atoms with Crippen molar-refractivity contribution in [2.24, 2.45) is 5.41 Å². The lowest BCUT2D eigenvalue weighted by atomic mass is 9.75. The summed E-state index contributed by atoms with van der Waals surface area (Å²) in [6, 6.07) is 0. The largest absolute Gasteiger partial charge is 0.466 e. The molecular formula is C25H44O7Si. The van der Waals surface area contributed by atoms with Crippen LogP contribution in [0, 0.1) is 5.41 Å². The maximum absolute atomic E-state index is 12.5. The molecule has 0 aromatic heterocycles. The molecule has 0 aromatic rings. The second-order valence-electron chi connectivity index (χ2n) is 10.7. The summed E-state index contributed by atoms with van der Waals surface area (Å²) in [6.45, 7) is 20.7. The number of hydrogen-bond acceptors (Lipinski definition) is 7. The molecule has 190 valence electrons. The molecule has 1 aliphatic rings. The van der Waals surface area contributed by atoms with E-state index in [-0.39, 0.29) is 17.6 Å². The summed E-state index contributed by atoms with van der Waals surface area (Å²) in [4.78, 5) is 24.7. The van der Waals surface area contributed by atoms with E-state index in [4.69, 9.17) is 23.4 Å². The smallest absolute Gasteiger partial charge is 0.330 e. The van der Waals surface area contributed by atoms with E-state index < -0.39 is 37.6 Å². The lowest BCUT2D eigenvalue weighted by Crippen LogP contribution is -2.65. The van der Waals surface area contributed by atoms with Gasteiger partial charge in [-0.3, -0.25) is 4.79 Å². The number of esters is 2. The van der Waals surface area contributed by atoms with Crippen LogP contribution in [0.3, 0.4) is 0 Å². The van der Waals surface area contributed by atoms with Crippen LogP contribution in [-0.2, 0) is 33.0 Å². The van der Waals surface area contributed by atoms with Gasteiger partial charge in [0, 0.05) is 31.6 Å². The molecule has 33 heavy (non-hydrogen) atoms. The minimum Gasteiger partial charge on any atom is -0.466 e. The van der Waals surface area contributed by atoms with Gasteiger partial charge >= 0.3 is 11.9 Å². The van der Waals surface area contributed by atoms with Crippen molar-refractivity contribution < 1.29 is 33.0 Å². The fourth-order valence-electron chi connectivity index (χ4n) is 3.62.